The lowest BCUT2D eigenvalue weighted by molar-refractivity contribution is -0.136. The molecule has 128 valence electrons. The lowest BCUT2D eigenvalue weighted by atomic mass is 9.60. The second kappa shape index (κ2) is 6.14. The monoisotopic (exact) mass is 309 g/mol. The van der Waals surface area contributed by atoms with E-state index < -0.39 is 0 Å². The molecule has 1 N–H and O–H groups in total. The molecule has 1 unspecified atom stereocenters. The van der Waals surface area contributed by atoms with Gasteiger partial charge in [0, 0.05) is 18.6 Å². The van der Waals surface area contributed by atoms with E-state index in [4.69, 9.17) is 4.74 Å². The Balaban J connectivity index is 1.85. The van der Waals surface area contributed by atoms with Gasteiger partial charge >= 0.3 is 0 Å². The maximum absolute atomic E-state index is 12.5. The number of carbonyl (C=O) groups is 1. The van der Waals surface area contributed by atoms with Gasteiger partial charge in [-0.3, -0.25) is 4.79 Å². The van der Waals surface area contributed by atoms with Gasteiger partial charge in [-0.2, -0.15) is 0 Å². The molecule has 1 aliphatic carbocycles. The number of amides is 1. The standard InChI is InChI=1S/C19H35NO2/c1-17(2,3)19(6)10-7-15(8-11-19)20-16(21)14-9-12-22-18(4,5)13-14/h14-15H,7-13H2,1-6H3,(H,20,21). The van der Waals surface area contributed by atoms with E-state index in [1.165, 1.54) is 12.8 Å². The maximum atomic E-state index is 12.5. The van der Waals surface area contributed by atoms with Crippen molar-refractivity contribution in [3.05, 3.63) is 0 Å². The van der Waals surface area contributed by atoms with Crippen molar-refractivity contribution in [1.82, 2.24) is 5.32 Å². The molecule has 0 aromatic heterocycles. The average molecular weight is 309 g/mol. The topological polar surface area (TPSA) is 38.3 Å². The minimum absolute atomic E-state index is 0.125. The van der Waals surface area contributed by atoms with Gasteiger partial charge in [0.15, 0.2) is 0 Å². The number of hydrogen-bond donors (Lipinski definition) is 1. The average Bonchev–Trinajstić information content (AvgIpc) is 2.39. The van der Waals surface area contributed by atoms with E-state index in [2.05, 4.69) is 46.9 Å². The fourth-order valence-electron chi connectivity index (χ4n) is 3.92. The molecular formula is C19H35NO2. The quantitative estimate of drug-likeness (QED) is 0.825. The Labute approximate surface area is 136 Å². The second-order valence-electron chi connectivity index (χ2n) is 9.39. The molecule has 1 amide bonds. The number of ether oxygens (including phenoxy) is 1. The van der Waals surface area contributed by atoms with Gasteiger partial charge in [0.05, 0.1) is 5.60 Å². The minimum Gasteiger partial charge on any atom is -0.376 e. The Morgan fingerprint density at radius 3 is 2.18 bits per heavy atom. The van der Waals surface area contributed by atoms with Crippen LogP contribution in [0.15, 0.2) is 0 Å². The summed E-state index contributed by atoms with van der Waals surface area (Å²) in [5.41, 5.74) is 0.583. The van der Waals surface area contributed by atoms with Gasteiger partial charge in [0.1, 0.15) is 0 Å². The molecule has 2 fully saturated rings. The molecule has 1 aliphatic heterocycles. The van der Waals surface area contributed by atoms with Crippen molar-refractivity contribution < 1.29 is 9.53 Å². The molecule has 0 bridgehead atoms. The van der Waals surface area contributed by atoms with E-state index in [0.29, 0.717) is 23.5 Å². The molecular weight excluding hydrogens is 274 g/mol. The summed E-state index contributed by atoms with van der Waals surface area (Å²) in [6.07, 6.45) is 6.35. The van der Waals surface area contributed by atoms with Gasteiger partial charge in [0.25, 0.3) is 0 Å². The van der Waals surface area contributed by atoms with Gasteiger partial charge in [-0.15, -0.1) is 0 Å². The highest BCUT2D eigenvalue weighted by Gasteiger charge is 2.41. The Hall–Kier alpha value is -0.570. The predicted octanol–water partition coefficient (Wildman–Crippen LogP) is 4.30. The summed E-state index contributed by atoms with van der Waals surface area (Å²) < 4.78 is 5.72. The molecule has 0 aromatic carbocycles. The fraction of sp³-hybridized carbons (Fsp3) is 0.947. The van der Waals surface area contributed by atoms with Crippen LogP contribution in [0.25, 0.3) is 0 Å². The summed E-state index contributed by atoms with van der Waals surface area (Å²) in [6, 6.07) is 0.369. The zero-order chi connectivity index (χ0) is 16.6. The fourth-order valence-corrected chi connectivity index (χ4v) is 3.92. The summed E-state index contributed by atoms with van der Waals surface area (Å²) in [7, 11) is 0. The van der Waals surface area contributed by atoms with Crippen molar-refractivity contribution in [2.24, 2.45) is 16.7 Å². The minimum atomic E-state index is -0.155. The molecule has 3 heteroatoms. The van der Waals surface area contributed by atoms with Crippen molar-refractivity contribution in [2.45, 2.75) is 91.7 Å². The highest BCUT2D eigenvalue weighted by atomic mass is 16.5. The zero-order valence-corrected chi connectivity index (χ0v) is 15.4. The Morgan fingerprint density at radius 1 is 1.09 bits per heavy atom. The molecule has 1 saturated carbocycles. The van der Waals surface area contributed by atoms with E-state index in [9.17, 15) is 4.79 Å². The largest absolute Gasteiger partial charge is 0.376 e. The summed E-state index contributed by atoms with van der Waals surface area (Å²) in [5.74, 6) is 0.375. The van der Waals surface area contributed by atoms with E-state index >= 15 is 0 Å². The Bertz CT molecular complexity index is 400. The van der Waals surface area contributed by atoms with Crippen LogP contribution in [0.1, 0.15) is 80.1 Å². The van der Waals surface area contributed by atoms with Gasteiger partial charge in [-0.05, 0) is 63.2 Å². The molecule has 1 saturated heterocycles. The van der Waals surface area contributed by atoms with Gasteiger partial charge < -0.3 is 10.1 Å². The molecule has 0 spiro atoms. The van der Waals surface area contributed by atoms with Crippen molar-refractivity contribution in [3.63, 3.8) is 0 Å². The summed E-state index contributed by atoms with van der Waals surface area (Å²) in [6.45, 7) is 14.3. The lowest BCUT2D eigenvalue weighted by Gasteiger charge is -2.47. The van der Waals surface area contributed by atoms with Crippen LogP contribution in [0.3, 0.4) is 0 Å². The molecule has 1 atom stereocenters. The summed E-state index contributed by atoms with van der Waals surface area (Å²) in [4.78, 5) is 12.5. The van der Waals surface area contributed by atoms with E-state index in [0.717, 1.165) is 25.7 Å². The normalized spacial score (nSPS) is 35.9. The third-order valence-electron chi connectivity index (χ3n) is 6.31. The second-order valence-corrected chi connectivity index (χ2v) is 9.39. The van der Waals surface area contributed by atoms with Crippen molar-refractivity contribution in [1.29, 1.82) is 0 Å². The Kier molecular flexibility index (Phi) is 4.97. The van der Waals surface area contributed by atoms with Crippen molar-refractivity contribution in [2.75, 3.05) is 6.61 Å². The van der Waals surface area contributed by atoms with E-state index in [1.54, 1.807) is 0 Å². The molecule has 2 aliphatic rings. The van der Waals surface area contributed by atoms with E-state index in [-0.39, 0.29) is 17.4 Å². The van der Waals surface area contributed by atoms with Crippen LogP contribution in [0.5, 0.6) is 0 Å². The third kappa shape index (κ3) is 4.04. The van der Waals surface area contributed by atoms with Crippen LogP contribution >= 0.6 is 0 Å². The van der Waals surface area contributed by atoms with Crippen molar-refractivity contribution >= 4 is 5.91 Å². The molecule has 0 aromatic rings. The van der Waals surface area contributed by atoms with Crippen LogP contribution < -0.4 is 5.32 Å². The van der Waals surface area contributed by atoms with Crippen LogP contribution in [0.2, 0.25) is 0 Å². The molecule has 3 nitrogen and oxygen atoms in total. The van der Waals surface area contributed by atoms with Gasteiger partial charge in [-0.1, -0.05) is 27.7 Å². The first-order chi connectivity index (χ1) is 10.0. The third-order valence-corrected chi connectivity index (χ3v) is 6.31. The molecule has 2 rings (SSSR count). The number of hydrogen-bond acceptors (Lipinski definition) is 2. The molecule has 1 heterocycles. The van der Waals surface area contributed by atoms with Crippen LogP contribution in [-0.4, -0.2) is 24.2 Å². The van der Waals surface area contributed by atoms with Gasteiger partial charge in [-0.25, -0.2) is 0 Å². The number of nitrogens with one attached hydrogen (secondary N) is 1. The highest BCUT2D eigenvalue weighted by molar-refractivity contribution is 5.79. The van der Waals surface area contributed by atoms with Crippen LogP contribution in [0.4, 0.5) is 0 Å². The zero-order valence-electron chi connectivity index (χ0n) is 15.4. The van der Waals surface area contributed by atoms with Crippen molar-refractivity contribution in [3.8, 4) is 0 Å². The first-order valence-electron chi connectivity index (χ1n) is 8.97. The first-order valence-corrected chi connectivity index (χ1v) is 8.97. The Morgan fingerprint density at radius 2 is 1.68 bits per heavy atom. The van der Waals surface area contributed by atoms with Crippen LogP contribution in [-0.2, 0) is 9.53 Å². The molecule has 0 radical (unpaired) electrons. The van der Waals surface area contributed by atoms with Gasteiger partial charge in [0.2, 0.25) is 5.91 Å². The first kappa shape index (κ1) is 17.8. The summed E-state index contributed by atoms with van der Waals surface area (Å²) in [5, 5.41) is 3.32. The highest BCUT2D eigenvalue weighted by Crippen LogP contribution is 2.49. The predicted molar refractivity (Wildman–Crippen MR) is 90.7 cm³/mol. The SMILES string of the molecule is CC1(C)CC(C(=O)NC2CCC(C)(C(C)(C)C)CC2)CCO1. The summed E-state index contributed by atoms with van der Waals surface area (Å²) >= 11 is 0. The van der Waals surface area contributed by atoms with Crippen LogP contribution in [0, 0.1) is 16.7 Å². The number of carbonyl (C=O) groups excluding carboxylic acids is 1. The smallest absolute Gasteiger partial charge is 0.223 e. The van der Waals surface area contributed by atoms with E-state index in [1.807, 2.05) is 0 Å². The molecule has 22 heavy (non-hydrogen) atoms. The maximum Gasteiger partial charge on any atom is 0.223 e. The number of rotatable bonds is 2. The lowest BCUT2D eigenvalue weighted by Crippen LogP contribution is -2.47.